The van der Waals surface area contributed by atoms with E-state index in [0.29, 0.717) is 62.4 Å². The minimum absolute atomic E-state index is 0.0408. The average molecular weight is 868 g/mol. The molecule has 14 nitrogen and oxygen atoms in total. The number of halogens is 1. The van der Waals surface area contributed by atoms with Crippen molar-refractivity contribution in [3.63, 3.8) is 0 Å². The van der Waals surface area contributed by atoms with Gasteiger partial charge in [0, 0.05) is 57.9 Å². The fourth-order valence-corrected chi connectivity index (χ4v) is 10.6. The van der Waals surface area contributed by atoms with E-state index in [1.807, 2.05) is 36.4 Å². The maximum atomic E-state index is 13.5. The first-order valence-corrected chi connectivity index (χ1v) is 21.9. The van der Waals surface area contributed by atoms with Crippen molar-refractivity contribution < 1.29 is 28.7 Å². The summed E-state index contributed by atoms with van der Waals surface area (Å²) >= 11 is 2.53. The Hall–Kier alpha value is -6.59. The number of thioether (sulfide) groups is 2. The Morgan fingerprint density at radius 1 is 0.726 bits per heavy atom. The molecular weight excluding hydrogens is 830 g/mol. The van der Waals surface area contributed by atoms with Crippen LogP contribution in [0.3, 0.4) is 0 Å². The summed E-state index contributed by atoms with van der Waals surface area (Å²) in [5.74, 6) is -0.369. The third-order valence-corrected chi connectivity index (χ3v) is 13.7. The number of aliphatic carboxylic acids is 1. The van der Waals surface area contributed by atoms with Crippen LogP contribution in [0, 0.1) is 17.7 Å². The molecule has 0 bridgehead atoms. The molecule has 0 saturated heterocycles. The van der Waals surface area contributed by atoms with E-state index < -0.39 is 5.97 Å². The number of aryl methyl sites for hydroxylation is 2. The van der Waals surface area contributed by atoms with Gasteiger partial charge in [-0.15, -0.1) is 0 Å². The van der Waals surface area contributed by atoms with Crippen molar-refractivity contribution in [3.05, 3.63) is 118 Å². The molecule has 1 amide bonds. The first kappa shape index (κ1) is 39.5. The molecule has 7 aromatic rings. The highest BCUT2D eigenvalue weighted by Gasteiger charge is 2.31. The molecule has 2 atom stereocenters. The van der Waals surface area contributed by atoms with Crippen LogP contribution in [0.5, 0.6) is 0 Å². The molecule has 11 rings (SSSR count). The van der Waals surface area contributed by atoms with E-state index in [1.54, 1.807) is 12.1 Å². The summed E-state index contributed by atoms with van der Waals surface area (Å²) in [5.41, 5.74) is 10.1. The first-order chi connectivity index (χ1) is 30.1. The zero-order chi connectivity index (χ0) is 42.5. The second kappa shape index (κ2) is 16.4. The topological polar surface area (TPSA) is 208 Å². The summed E-state index contributed by atoms with van der Waals surface area (Å²) in [6.07, 6.45) is 7.77. The zero-order valence-corrected chi connectivity index (χ0v) is 34.6. The summed E-state index contributed by atoms with van der Waals surface area (Å²) < 4.78 is 13.5. The second-order valence-electron chi connectivity index (χ2n) is 15.8. The molecular formula is C45H38FN9O5S2. The second-order valence-corrected chi connectivity index (χ2v) is 18.0. The van der Waals surface area contributed by atoms with Gasteiger partial charge in [-0.25, -0.2) is 24.3 Å². The number of carboxylic acids is 1. The number of carbonyl (C=O) groups is 4. The molecule has 0 saturated carbocycles. The normalized spacial score (nSPS) is 17.4. The number of nitrogens with zero attached hydrogens (tertiary/aromatic N) is 4. The number of benzene rings is 3. The predicted octanol–water partition coefficient (Wildman–Crippen LogP) is 7.50. The van der Waals surface area contributed by atoms with Crippen molar-refractivity contribution in [2.75, 3.05) is 10.6 Å². The number of hydrogen-bond donors (Lipinski definition) is 6. The lowest BCUT2D eigenvalue weighted by atomic mass is 9.86. The van der Waals surface area contributed by atoms with Gasteiger partial charge in [0.25, 0.3) is 0 Å². The van der Waals surface area contributed by atoms with Crippen molar-refractivity contribution in [1.82, 2.24) is 35.2 Å². The number of nitrogens with one attached hydrogen (secondary N) is 5. The minimum atomic E-state index is -0.762. The Morgan fingerprint density at radius 2 is 1.27 bits per heavy atom. The molecule has 6 heterocycles. The van der Waals surface area contributed by atoms with Crippen LogP contribution in [-0.4, -0.2) is 57.1 Å². The standard InChI is InChI=1S/C26H22FN5O2S.C19H16N4O3S/c27-17-3-1-2-14(8-17)12-28-26(34)16-5-7-20-19(9-16)23-24(29-13-30-25(23)32-20)31-18-6-4-15-10-22(33)35-21(15)11-18;24-15-6-9-1-3-11(7-14(9)27-15)22-17-16-12-5-10(19(25)26)2-4-13(12)23-18(16)21-8-20-17/h1-4,6,8,11,13,16H,5,7,9-10,12H2,(H,28,34)(H2,29,30,31,32);1,3,7-8,10H,2,4-6H2,(H,25,26)(H2,20,21,22,23). The van der Waals surface area contributed by atoms with Crippen molar-refractivity contribution in [2.45, 2.75) is 67.7 Å². The van der Waals surface area contributed by atoms with E-state index in [9.17, 15) is 28.7 Å². The number of aromatic nitrogens is 6. The number of fused-ring (bicyclic) bond motifs is 8. The highest BCUT2D eigenvalue weighted by Crippen LogP contribution is 2.40. The molecule has 17 heteroatoms. The number of carboxylic acid groups (broad SMARTS) is 1. The van der Waals surface area contributed by atoms with Crippen LogP contribution in [0.1, 0.15) is 52.0 Å². The smallest absolute Gasteiger partial charge is 0.306 e. The molecule has 62 heavy (non-hydrogen) atoms. The highest BCUT2D eigenvalue weighted by atomic mass is 32.2. The van der Waals surface area contributed by atoms with E-state index in [4.69, 9.17) is 0 Å². The number of amides is 1. The number of anilines is 4. The molecule has 6 N–H and O–H groups in total. The Bertz CT molecular complexity index is 2990. The molecule has 2 unspecified atom stereocenters. The van der Waals surface area contributed by atoms with E-state index >= 15 is 0 Å². The molecule has 2 aliphatic carbocycles. The van der Waals surface area contributed by atoms with E-state index in [1.165, 1.54) is 48.3 Å². The van der Waals surface area contributed by atoms with Gasteiger partial charge in [0.05, 0.1) is 16.7 Å². The van der Waals surface area contributed by atoms with Crippen LogP contribution >= 0.6 is 23.5 Å². The van der Waals surface area contributed by atoms with E-state index in [2.05, 4.69) is 45.9 Å². The lowest BCUT2D eigenvalue weighted by Gasteiger charge is -2.22. The molecule has 4 aromatic heterocycles. The lowest BCUT2D eigenvalue weighted by Crippen LogP contribution is -2.33. The maximum absolute atomic E-state index is 13.5. The highest BCUT2D eigenvalue weighted by molar-refractivity contribution is 8.14. The van der Waals surface area contributed by atoms with Crippen LogP contribution in [0.15, 0.2) is 83.1 Å². The maximum Gasteiger partial charge on any atom is 0.306 e. The summed E-state index contributed by atoms with van der Waals surface area (Å²) in [6.45, 7) is 0.294. The fraction of sp³-hybridized carbons (Fsp3) is 0.244. The largest absolute Gasteiger partial charge is 0.481 e. The van der Waals surface area contributed by atoms with Gasteiger partial charge in [-0.1, -0.05) is 47.8 Å². The number of carbonyl (C=O) groups excluding carboxylic acids is 3. The van der Waals surface area contributed by atoms with Crippen molar-refractivity contribution >= 4 is 90.7 Å². The Morgan fingerprint density at radius 3 is 1.82 bits per heavy atom. The van der Waals surface area contributed by atoms with Crippen LogP contribution in [0.25, 0.3) is 22.1 Å². The molecule has 0 fully saturated rings. The predicted molar refractivity (Wildman–Crippen MR) is 233 cm³/mol. The summed E-state index contributed by atoms with van der Waals surface area (Å²) in [5, 5.41) is 21.1. The van der Waals surface area contributed by atoms with E-state index in [0.717, 1.165) is 89.6 Å². The molecule has 3 aromatic carbocycles. The Balaban J connectivity index is 0.000000153. The van der Waals surface area contributed by atoms with Gasteiger partial charge in [0.1, 0.15) is 41.4 Å². The molecule has 4 aliphatic rings. The Kier molecular flexibility index (Phi) is 10.4. The quantitative estimate of drug-likeness (QED) is 0.0876. The first-order valence-electron chi connectivity index (χ1n) is 20.3. The Labute approximate surface area is 361 Å². The van der Waals surface area contributed by atoms with Gasteiger partial charge >= 0.3 is 5.97 Å². The lowest BCUT2D eigenvalue weighted by molar-refractivity contribution is -0.142. The number of rotatable bonds is 8. The van der Waals surface area contributed by atoms with Gasteiger partial charge in [-0.05, 0) is 103 Å². The number of aromatic amines is 2. The van der Waals surface area contributed by atoms with Crippen LogP contribution in [-0.2, 0) is 64.2 Å². The van der Waals surface area contributed by atoms with Crippen molar-refractivity contribution in [3.8, 4) is 0 Å². The third-order valence-electron chi connectivity index (χ3n) is 11.8. The van der Waals surface area contributed by atoms with Gasteiger partial charge in [-0.3, -0.25) is 19.2 Å². The minimum Gasteiger partial charge on any atom is -0.481 e. The zero-order valence-electron chi connectivity index (χ0n) is 33.0. The van der Waals surface area contributed by atoms with Crippen LogP contribution in [0.2, 0.25) is 0 Å². The number of hydrogen-bond acceptors (Lipinski definition) is 12. The fourth-order valence-electron chi connectivity index (χ4n) is 8.74. The molecule has 0 radical (unpaired) electrons. The van der Waals surface area contributed by atoms with Crippen molar-refractivity contribution in [1.29, 1.82) is 0 Å². The van der Waals surface area contributed by atoms with E-state index in [-0.39, 0.29) is 33.8 Å². The molecule has 312 valence electrons. The van der Waals surface area contributed by atoms with Gasteiger partial charge in [-0.2, -0.15) is 0 Å². The molecule has 0 spiro atoms. The SMILES string of the molecule is O=C1Cc2ccc(Nc3ncnc4[nH]c5c(c34)CC(C(=O)NCc3cccc(F)c3)CC5)cc2S1.O=C1Cc2ccc(Nc3ncnc4[nH]c5c(c34)CC(C(=O)O)CC5)cc2S1. The van der Waals surface area contributed by atoms with Gasteiger partial charge in [0.2, 0.25) is 5.91 Å². The van der Waals surface area contributed by atoms with Crippen LogP contribution < -0.4 is 16.0 Å². The monoisotopic (exact) mass is 867 g/mol. The molecule has 2 aliphatic heterocycles. The summed E-state index contributed by atoms with van der Waals surface area (Å²) in [6, 6.07) is 18.0. The van der Waals surface area contributed by atoms with Gasteiger partial charge in [0.15, 0.2) is 10.2 Å². The van der Waals surface area contributed by atoms with Crippen LogP contribution in [0.4, 0.5) is 27.4 Å². The summed E-state index contributed by atoms with van der Waals surface area (Å²) in [4.78, 5) is 74.1. The van der Waals surface area contributed by atoms with Crippen molar-refractivity contribution in [2.24, 2.45) is 11.8 Å². The van der Waals surface area contributed by atoms with Gasteiger partial charge < -0.3 is 31.0 Å². The number of H-pyrrole nitrogens is 2. The average Bonchev–Trinajstić information content (AvgIpc) is 4.04. The third kappa shape index (κ3) is 7.88. The summed E-state index contributed by atoms with van der Waals surface area (Å²) in [7, 11) is 0.